The normalized spacial score (nSPS) is 18.4. The van der Waals surface area contributed by atoms with Gasteiger partial charge in [0.15, 0.2) is 0 Å². The third-order valence-electron chi connectivity index (χ3n) is 6.79. The second-order valence-corrected chi connectivity index (χ2v) is 9.78. The highest BCUT2D eigenvalue weighted by atomic mass is 35.5. The van der Waals surface area contributed by atoms with Gasteiger partial charge >= 0.3 is 12.0 Å². The lowest BCUT2D eigenvalue weighted by molar-refractivity contribution is -0.139. The number of rotatable bonds is 8. The molecule has 1 atom stereocenters. The van der Waals surface area contributed by atoms with E-state index < -0.39 is 17.8 Å². The number of ether oxygens (including phenoxy) is 1. The van der Waals surface area contributed by atoms with Crippen LogP contribution in [0.2, 0.25) is 5.02 Å². The summed E-state index contributed by atoms with van der Waals surface area (Å²) in [5.74, 6) is -1.06. The number of hydrogen-bond donors (Lipinski definition) is 1. The quantitative estimate of drug-likeness (QED) is 0.386. The molecular weight excluding hydrogens is 523 g/mol. The number of carbonyl (C=O) groups excluding carboxylic acids is 3. The van der Waals surface area contributed by atoms with E-state index in [1.54, 1.807) is 42.2 Å². The molecule has 3 amide bonds. The Morgan fingerprint density at radius 2 is 1.82 bits per heavy atom. The first-order valence-electron chi connectivity index (χ1n) is 12.9. The molecule has 2 aromatic carbocycles. The van der Waals surface area contributed by atoms with Crippen molar-refractivity contribution in [2.75, 3.05) is 45.9 Å². The van der Waals surface area contributed by atoms with Crippen LogP contribution in [-0.2, 0) is 9.53 Å². The number of amides is 3. The zero-order chi connectivity index (χ0) is 27.9. The van der Waals surface area contributed by atoms with E-state index in [1.807, 2.05) is 0 Å². The molecule has 39 heavy (non-hydrogen) atoms. The van der Waals surface area contributed by atoms with Crippen molar-refractivity contribution in [1.29, 1.82) is 0 Å². The van der Waals surface area contributed by atoms with Gasteiger partial charge in [-0.15, -0.1) is 6.58 Å². The van der Waals surface area contributed by atoms with E-state index >= 15 is 0 Å². The van der Waals surface area contributed by atoms with Gasteiger partial charge in [0.25, 0.3) is 5.91 Å². The first-order chi connectivity index (χ1) is 18.8. The average molecular weight is 555 g/mol. The summed E-state index contributed by atoms with van der Waals surface area (Å²) in [4.78, 5) is 45.0. The fourth-order valence-electron chi connectivity index (χ4n) is 4.87. The zero-order valence-corrected chi connectivity index (χ0v) is 22.6. The third-order valence-corrected chi connectivity index (χ3v) is 7.04. The van der Waals surface area contributed by atoms with Crippen molar-refractivity contribution in [1.82, 2.24) is 20.0 Å². The predicted octanol–water partition coefficient (Wildman–Crippen LogP) is 4.40. The fourth-order valence-corrected chi connectivity index (χ4v) is 5.00. The van der Waals surface area contributed by atoms with Gasteiger partial charge in [0.2, 0.25) is 0 Å². The Labute approximate surface area is 232 Å². The van der Waals surface area contributed by atoms with Crippen LogP contribution in [0.1, 0.15) is 35.3 Å². The van der Waals surface area contributed by atoms with E-state index in [1.165, 1.54) is 29.2 Å². The van der Waals surface area contributed by atoms with Crippen LogP contribution < -0.4 is 5.32 Å². The standard InChI is InChI=1S/C29H32ClFN4O4/c1-3-14-35-24(19-33-15-5-16-34(18-17-33)27(36)21-8-12-23(31)13-9-21)25(28(37)39-4-2)26(32-29(35)38)20-6-10-22(30)11-7-20/h3,6-13,26H,1,4-5,14-19H2,2H3,(H,32,38). The second-order valence-electron chi connectivity index (χ2n) is 9.34. The Hall–Kier alpha value is -3.69. The fraction of sp³-hybridized carbons (Fsp3) is 0.345. The van der Waals surface area contributed by atoms with Gasteiger partial charge in [-0.25, -0.2) is 14.0 Å². The molecule has 0 saturated carbocycles. The van der Waals surface area contributed by atoms with Gasteiger partial charge in [-0.2, -0.15) is 0 Å². The molecule has 2 aliphatic rings. The van der Waals surface area contributed by atoms with Crippen LogP contribution in [0.4, 0.5) is 9.18 Å². The summed E-state index contributed by atoms with van der Waals surface area (Å²) in [5, 5.41) is 3.48. The van der Waals surface area contributed by atoms with Crippen LogP contribution in [-0.4, -0.2) is 78.5 Å². The van der Waals surface area contributed by atoms with Crippen molar-refractivity contribution in [2.45, 2.75) is 19.4 Å². The maximum absolute atomic E-state index is 13.3. The summed E-state index contributed by atoms with van der Waals surface area (Å²) < 4.78 is 18.8. The van der Waals surface area contributed by atoms with Gasteiger partial charge in [0.05, 0.1) is 18.2 Å². The molecule has 206 valence electrons. The summed E-state index contributed by atoms with van der Waals surface area (Å²) in [6, 6.07) is 11.4. The van der Waals surface area contributed by atoms with Gasteiger partial charge in [0.1, 0.15) is 5.82 Å². The second kappa shape index (κ2) is 12.9. The Morgan fingerprint density at radius 1 is 1.10 bits per heavy atom. The number of urea groups is 1. The predicted molar refractivity (Wildman–Crippen MR) is 147 cm³/mol. The van der Waals surface area contributed by atoms with Crippen LogP contribution >= 0.6 is 11.6 Å². The lowest BCUT2D eigenvalue weighted by Crippen LogP contribution is -2.51. The van der Waals surface area contributed by atoms with Gasteiger partial charge in [-0.3, -0.25) is 14.6 Å². The number of hydrogen-bond acceptors (Lipinski definition) is 5. The number of esters is 1. The van der Waals surface area contributed by atoms with Crippen molar-refractivity contribution >= 4 is 29.5 Å². The van der Waals surface area contributed by atoms with Gasteiger partial charge < -0.3 is 15.0 Å². The van der Waals surface area contributed by atoms with Crippen molar-refractivity contribution in [2.24, 2.45) is 0 Å². The van der Waals surface area contributed by atoms with Crippen LogP contribution in [0.15, 0.2) is 72.5 Å². The van der Waals surface area contributed by atoms with E-state index in [2.05, 4.69) is 16.8 Å². The lowest BCUT2D eigenvalue weighted by Gasteiger charge is -2.38. The zero-order valence-electron chi connectivity index (χ0n) is 21.9. The highest BCUT2D eigenvalue weighted by Crippen LogP contribution is 2.33. The topological polar surface area (TPSA) is 82.2 Å². The van der Waals surface area contributed by atoms with E-state index in [0.29, 0.717) is 66.6 Å². The number of nitrogens with zero attached hydrogens (tertiary/aromatic N) is 3. The molecule has 8 nitrogen and oxygen atoms in total. The molecule has 1 saturated heterocycles. The molecule has 0 aliphatic carbocycles. The summed E-state index contributed by atoms with van der Waals surface area (Å²) in [6.45, 7) is 8.39. The highest BCUT2D eigenvalue weighted by Gasteiger charge is 2.38. The first-order valence-corrected chi connectivity index (χ1v) is 13.3. The molecule has 2 aromatic rings. The van der Waals surface area contributed by atoms with Crippen molar-refractivity contribution in [3.63, 3.8) is 0 Å². The largest absolute Gasteiger partial charge is 0.463 e. The Balaban J connectivity index is 1.63. The Morgan fingerprint density at radius 3 is 2.49 bits per heavy atom. The average Bonchev–Trinajstić information content (AvgIpc) is 3.16. The minimum Gasteiger partial charge on any atom is -0.463 e. The minimum atomic E-state index is -0.714. The molecule has 0 aromatic heterocycles. The summed E-state index contributed by atoms with van der Waals surface area (Å²) in [6.07, 6.45) is 2.31. The molecule has 1 unspecified atom stereocenters. The third kappa shape index (κ3) is 6.66. The number of benzene rings is 2. The maximum atomic E-state index is 13.3. The summed E-state index contributed by atoms with van der Waals surface area (Å²) in [7, 11) is 0. The minimum absolute atomic E-state index is 0.156. The van der Waals surface area contributed by atoms with E-state index in [9.17, 15) is 18.8 Å². The number of nitrogens with one attached hydrogen (secondary N) is 1. The van der Waals surface area contributed by atoms with Crippen LogP contribution in [0, 0.1) is 5.82 Å². The SMILES string of the molecule is C=CCN1C(=O)NC(c2ccc(Cl)cc2)C(C(=O)OCC)=C1CN1CCCN(C(=O)c2ccc(F)cc2)CC1. The Kier molecular flexibility index (Phi) is 9.37. The first kappa shape index (κ1) is 28.3. The van der Waals surface area contributed by atoms with Gasteiger partial charge in [0, 0.05) is 55.6 Å². The smallest absolute Gasteiger partial charge is 0.338 e. The number of carbonyl (C=O) groups is 3. The lowest BCUT2D eigenvalue weighted by atomic mass is 9.94. The van der Waals surface area contributed by atoms with Crippen LogP contribution in [0.5, 0.6) is 0 Å². The molecule has 4 rings (SSSR count). The molecule has 1 fully saturated rings. The molecule has 0 bridgehead atoms. The summed E-state index contributed by atoms with van der Waals surface area (Å²) in [5.41, 5.74) is 2.03. The van der Waals surface area contributed by atoms with E-state index in [-0.39, 0.29) is 25.1 Å². The number of halogens is 2. The van der Waals surface area contributed by atoms with E-state index in [0.717, 1.165) is 0 Å². The van der Waals surface area contributed by atoms with Crippen LogP contribution in [0.25, 0.3) is 0 Å². The molecule has 2 aliphatic heterocycles. The highest BCUT2D eigenvalue weighted by molar-refractivity contribution is 6.30. The van der Waals surface area contributed by atoms with Crippen molar-refractivity contribution < 1.29 is 23.5 Å². The monoisotopic (exact) mass is 554 g/mol. The van der Waals surface area contributed by atoms with Crippen molar-refractivity contribution in [3.8, 4) is 0 Å². The Bertz CT molecular complexity index is 1250. The molecule has 1 N–H and O–H groups in total. The summed E-state index contributed by atoms with van der Waals surface area (Å²) >= 11 is 6.08. The van der Waals surface area contributed by atoms with E-state index in [4.69, 9.17) is 16.3 Å². The molecule has 2 heterocycles. The maximum Gasteiger partial charge on any atom is 0.338 e. The van der Waals surface area contributed by atoms with Gasteiger partial charge in [-0.1, -0.05) is 29.8 Å². The van der Waals surface area contributed by atoms with Crippen molar-refractivity contribution in [3.05, 3.63) is 94.4 Å². The molecule has 0 spiro atoms. The molecular formula is C29H32ClFN4O4. The molecule has 10 heteroatoms. The molecule has 0 radical (unpaired) electrons. The van der Waals surface area contributed by atoms with Crippen LogP contribution in [0.3, 0.4) is 0 Å². The van der Waals surface area contributed by atoms with Gasteiger partial charge in [-0.05, 0) is 55.3 Å².